The molecule has 0 heterocycles. The Morgan fingerprint density at radius 1 is 1.36 bits per heavy atom. The van der Waals surface area contributed by atoms with Crippen molar-refractivity contribution in [2.75, 3.05) is 33.4 Å². The van der Waals surface area contributed by atoms with Gasteiger partial charge in [0, 0.05) is 0 Å². The zero-order chi connectivity index (χ0) is 8.91. The van der Waals surface area contributed by atoms with Crippen LogP contribution in [0.5, 0.6) is 0 Å². The van der Waals surface area contributed by atoms with E-state index in [0.717, 1.165) is 6.54 Å². The van der Waals surface area contributed by atoms with Crippen molar-refractivity contribution in [3.63, 3.8) is 0 Å². The summed E-state index contributed by atoms with van der Waals surface area (Å²) in [5.74, 6) is 0.210. The highest BCUT2D eigenvalue weighted by Gasteiger charge is 2.05. The van der Waals surface area contributed by atoms with Gasteiger partial charge in [0.15, 0.2) is 0 Å². The summed E-state index contributed by atoms with van der Waals surface area (Å²) in [6, 6.07) is 0. The second kappa shape index (κ2) is 4.69. The van der Waals surface area contributed by atoms with Crippen molar-refractivity contribution in [3.8, 4) is 0 Å². The number of hydrogen-bond donors (Lipinski definition) is 1. The van der Waals surface area contributed by atoms with E-state index in [9.17, 15) is 8.42 Å². The lowest BCUT2D eigenvalue weighted by molar-refractivity contribution is 0.408. The van der Waals surface area contributed by atoms with Gasteiger partial charge in [-0.1, -0.05) is 0 Å². The van der Waals surface area contributed by atoms with Crippen LogP contribution >= 0.6 is 0 Å². The Morgan fingerprint density at radius 2 is 1.91 bits per heavy atom. The van der Waals surface area contributed by atoms with Gasteiger partial charge in [-0.2, -0.15) is 0 Å². The number of rotatable bonds is 5. The smallest absolute Gasteiger partial charge is 0.211 e. The zero-order valence-corrected chi connectivity index (χ0v) is 8.11. The van der Waals surface area contributed by atoms with Crippen LogP contribution in [0.3, 0.4) is 0 Å². The second-order valence-corrected chi connectivity index (χ2v) is 4.73. The molecule has 0 amide bonds. The molecular formula is C6H16N2O2S. The zero-order valence-electron chi connectivity index (χ0n) is 7.29. The topological polar surface area (TPSA) is 49.4 Å². The quantitative estimate of drug-likeness (QED) is 0.620. The summed E-state index contributed by atoms with van der Waals surface area (Å²) >= 11 is 0. The first-order valence-electron chi connectivity index (χ1n) is 3.54. The minimum absolute atomic E-state index is 0.210. The van der Waals surface area contributed by atoms with Crippen LogP contribution < -0.4 is 4.72 Å². The molecule has 0 aliphatic heterocycles. The van der Waals surface area contributed by atoms with E-state index < -0.39 is 10.0 Å². The molecule has 0 saturated heterocycles. The van der Waals surface area contributed by atoms with E-state index in [1.165, 1.54) is 7.05 Å². The Kier molecular flexibility index (Phi) is 4.63. The van der Waals surface area contributed by atoms with E-state index in [1.807, 2.05) is 19.0 Å². The standard InChI is InChI=1S/C6H16N2O2S/c1-7-11(9,10)6-4-5-8(2)3/h7H,4-6H2,1-3H3. The third-order valence-corrected chi connectivity index (χ3v) is 2.78. The molecule has 0 aromatic rings. The van der Waals surface area contributed by atoms with E-state index in [0.29, 0.717) is 6.42 Å². The van der Waals surface area contributed by atoms with Crippen LogP contribution in [-0.2, 0) is 10.0 Å². The molecule has 0 atom stereocenters. The number of hydrogen-bond acceptors (Lipinski definition) is 3. The molecule has 0 aromatic heterocycles. The molecule has 11 heavy (non-hydrogen) atoms. The summed E-state index contributed by atoms with van der Waals surface area (Å²) < 4.78 is 24.0. The number of nitrogens with zero attached hydrogens (tertiary/aromatic N) is 1. The van der Waals surface area contributed by atoms with E-state index in [4.69, 9.17) is 0 Å². The van der Waals surface area contributed by atoms with Crippen LogP contribution in [0.1, 0.15) is 6.42 Å². The molecule has 68 valence electrons. The highest BCUT2D eigenvalue weighted by atomic mass is 32.2. The summed E-state index contributed by atoms with van der Waals surface area (Å²) in [4.78, 5) is 1.96. The highest BCUT2D eigenvalue weighted by Crippen LogP contribution is 1.89. The SMILES string of the molecule is CNS(=O)(=O)CCCN(C)C. The van der Waals surface area contributed by atoms with Gasteiger partial charge in [0.2, 0.25) is 10.0 Å². The Bertz CT molecular complexity index is 187. The molecule has 5 heteroatoms. The highest BCUT2D eigenvalue weighted by molar-refractivity contribution is 7.89. The van der Waals surface area contributed by atoms with Gasteiger partial charge in [0.25, 0.3) is 0 Å². The average Bonchev–Trinajstić information content (AvgIpc) is 1.87. The van der Waals surface area contributed by atoms with Gasteiger partial charge < -0.3 is 4.90 Å². The van der Waals surface area contributed by atoms with Crippen LogP contribution in [0.25, 0.3) is 0 Å². The van der Waals surface area contributed by atoms with Gasteiger partial charge in [0.05, 0.1) is 5.75 Å². The molecule has 1 N–H and O–H groups in total. The summed E-state index contributed by atoms with van der Waals surface area (Å²) in [6.07, 6.45) is 0.677. The molecule has 0 aliphatic carbocycles. The number of sulfonamides is 1. The van der Waals surface area contributed by atoms with Crippen molar-refractivity contribution in [2.45, 2.75) is 6.42 Å². The monoisotopic (exact) mass is 180 g/mol. The van der Waals surface area contributed by atoms with Crippen molar-refractivity contribution < 1.29 is 8.42 Å². The molecular weight excluding hydrogens is 164 g/mol. The van der Waals surface area contributed by atoms with Crippen LogP contribution in [0.2, 0.25) is 0 Å². The molecule has 0 aromatic carbocycles. The van der Waals surface area contributed by atoms with Gasteiger partial charge in [-0.15, -0.1) is 0 Å². The molecule has 4 nitrogen and oxygen atoms in total. The average molecular weight is 180 g/mol. The van der Waals surface area contributed by atoms with Gasteiger partial charge >= 0.3 is 0 Å². The first-order valence-corrected chi connectivity index (χ1v) is 5.19. The van der Waals surface area contributed by atoms with Crippen LogP contribution in [-0.4, -0.2) is 46.8 Å². The molecule has 0 aliphatic rings. The lowest BCUT2D eigenvalue weighted by Gasteiger charge is -2.08. The molecule has 0 spiro atoms. The van der Waals surface area contributed by atoms with E-state index >= 15 is 0 Å². The van der Waals surface area contributed by atoms with E-state index in [1.54, 1.807) is 0 Å². The first kappa shape index (κ1) is 10.9. The van der Waals surface area contributed by atoms with Crippen molar-refractivity contribution in [2.24, 2.45) is 0 Å². The maximum Gasteiger partial charge on any atom is 0.211 e. The predicted octanol–water partition coefficient (Wildman–Crippen LogP) is -0.513. The summed E-state index contributed by atoms with van der Waals surface area (Å²) in [5.41, 5.74) is 0. The van der Waals surface area contributed by atoms with Crippen LogP contribution in [0.15, 0.2) is 0 Å². The fraction of sp³-hybridized carbons (Fsp3) is 1.00. The summed E-state index contributed by atoms with van der Waals surface area (Å²) in [5, 5.41) is 0. The molecule has 0 bridgehead atoms. The van der Waals surface area contributed by atoms with Crippen molar-refractivity contribution in [1.82, 2.24) is 9.62 Å². The van der Waals surface area contributed by atoms with Gasteiger partial charge in [-0.25, -0.2) is 13.1 Å². The summed E-state index contributed by atoms with van der Waals surface area (Å²) in [7, 11) is 2.29. The normalized spacial score (nSPS) is 12.4. The Hall–Kier alpha value is -0.130. The van der Waals surface area contributed by atoms with E-state index in [-0.39, 0.29) is 5.75 Å². The van der Waals surface area contributed by atoms with Crippen molar-refractivity contribution >= 4 is 10.0 Å². The third kappa shape index (κ3) is 6.28. The molecule has 0 radical (unpaired) electrons. The first-order chi connectivity index (χ1) is 4.98. The van der Waals surface area contributed by atoms with Gasteiger partial charge in [0.1, 0.15) is 0 Å². The minimum Gasteiger partial charge on any atom is -0.309 e. The second-order valence-electron chi connectivity index (χ2n) is 2.68. The van der Waals surface area contributed by atoms with Crippen LogP contribution in [0, 0.1) is 0 Å². The Balaban J connectivity index is 3.55. The lowest BCUT2D eigenvalue weighted by Crippen LogP contribution is -2.24. The number of nitrogens with one attached hydrogen (secondary N) is 1. The lowest BCUT2D eigenvalue weighted by atomic mass is 10.5. The third-order valence-electron chi connectivity index (χ3n) is 1.33. The van der Waals surface area contributed by atoms with Crippen molar-refractivity contribution in [3.05, 3.63) is 0 Å². The fourth-order valence-corrected chi connectivity index (χ4v) is 1.39. The fourth-order valence-electron chi connectivity index (χ4n) is 0.673. The molecule has 0 saturated carbocycles. The van der Waals surface area contributed by atoms with Gasteiger partial charge in [-0.3, -0.25) is 0 Å². The van der Waals surface area contributed by atoms with Crippen LogP contribution in [0.4, 0.5) is 0 Å². The maximum atomic E-state index is 10.9. The largest absolute Gasteiger partial charge is 0.309 e. The molecule has 0 unspecified atom stereocenters. The predicted molar refractivity (Wildman–Crippen MR) is 46.0 cm³/mol. The summed E-state index contributed by atoms with van der Waals surface area (Å²) in [6.45, 7) is 0.806. The van der Waals surface area contributed by atoms with Gasteiger partial charge in [-0.05, 0) is 34.1 Å². The maximum absolute atomic E-state index is 10.9. The minimum atomic E-state index is -2.99. The Labute approximate surface area is 68.6 Å². The molecule has 0 fully saturated rings. The van der Waals surface area contributed by atoms with E-state index in [2.05, 4.69) is 4.72 Å². The molecule has 0 rings (SSSR count). The Morgan fingerprint density at radius 3 is 2.27 bits per heavy atom. The van der Waals surface area contributed by atoms with Crippen molar-refractivity contribution in [1.29, 1.82) is 0 Å².